The van der Waals surface area contributed by atoms with E-state index in [2.05, 4.69) is 10.3 Å². The Morgan fingerprint density at radius 2 is 1.90 bits per heavy atom. The van der Waals surface area contributed by atoms with Crippen LogP contribution in [0.5, 0.6) is 5.75 Å². The smallest absolute Gasteiger partial charge is 0.268 e. The maximum absolute atomic E-state index is 12.7. The number of benzene rings is 3. The molecule has 1 heterocycles. The summed E-state index contributed by atoms with van der Waals surface area (Å²) in [7, 11) is 1.64. The van der Waals surface area contributed by atoms with Crippen LogP contribution >= 0.6 is 11.3 Å². The normalized spacial score (nSPS) is 11.2. The van der Waals surface area contributed by atoms with E-state index < -0.39 is 5.91 Å². The van der Waals surface area contributed by atoms with E-state index in [1.165, 1.54) is 11.3 Å². The lowest BCUT2D eigenvalue weighted by Gasteiger charge is -2.04. The number of fused-ring (bicyclic) bond motifs is 1. The molecule has 0 aliphatic rings. The van der Waals surface area contributed by atoms with Crippen LogP contribution in [0.4, 0.5) is 5.13 Å². The molecule has 0 aliphatic carbocycles. The summed E-state index contributed by atoms with van der Waals surface area (Å²) in [6.07, 6.45) is 4.06. The Morgan fingerprint density at radius 1 is 1.13 bits per heavy atom. The van der Waals surface area contributed by atoms with Crippen LogP contribution < -0.4 is 10.1 Å². The van der Waals surface area contributed by atoms with Gasteiger partial charge in [-0.3, -0.25) is 10.1 Å². The van der Waals surface area contributed by atoms with Gasteiger partial charge in [0.2, 0.25) is 0 Å². The number of thiazole rings is 1. The largest absolute Gasteiger partial charge is 0.497 e. The van der Waals surface area contributed by atoms with Crippen LogP contribution in [0.3, 0.4) is 0 Å². The molecule has 0 aliphatic heterocycles. The van der Waals surface area contributed by atoms with Crippen LogP contribution in [-0.2, 0) is 11.2 Å². The zero-order valence-electron chi connectivity index (χ0n) is 16.8. The van der Waals surface area contributed by atoms with E-state index in [9.17, 15) is 10.1 Å². The standard InChI is InChI=1S/C25H19N3O2S/c1-30-21-11-9-17(10-12-21)13-22-16-27-25(31-22)28-24(29)20(15-26)14-19-7-4-6-18-5-2-3-8-23(18)19/h2-12,14,16H,13H2,1H3,(H,27,28,29). The lowest BCUT2D eigenvalue weighted by Crippen LogP contribution is -2.13. The van der Waals surface area contributed by atoms with E-state index in [1.54, 1.807) is 19.4 Å². The topological polar surface area (TPSA) is 75.0 Å². The van der Waals surface area contributed by atoms with Crippen molar-refractivity contribution in [2.75, 3.05) is 12.4 Å². The quantitative estimate of drug-likeness (QED) is 0.330. The Hall–Kier alpha value is -3.95. The molecule has 0 bridgehead atoms. The van der Waals surface area contributed by atoms with Crippen molar-refractivity contribution < 1.29 is 9.53 Å². The molecule has 0 spiro atoms. The highest BCUT2D eigenvalue weighted by molar-refractivity contribution is 7.15. The molecule has 0 atom stereocenters. The van der Waals surface area contributed by atoms with Gasteiger partial charge >= 0.3 is 0 Å². The molecule has 1 amide bonds. The Kier molecular flexibility index (Phi) is 6.06. The highest BCUT2D eigenvalue weighted by atomic mass is 32.1. The number of carbonyl (C=O) groups is 1. The first-order valence-corrected chi connectivity index (χ1v) is 10.5. The van der Waals surface area contributed by atoms with Gasteiger partial charge in [-0.15, -0.1) is 11.3 Å². The number of anilines is 1. The predicted molar refractivity (Wildman–Crippen MR) is 124 cm³/mol. The number of nitrogens with zero attached hydrogens (tertiary/aromatic N) is 2. The summed E-state index contributed by atoms with van der Waals surface area (Å²) in [5.41, 5.74) is 1.98. The van der Waals surface area contributed by atoms with Gasteiger partial charge in [0.1, 0.15) is 17.4 Å². The summed E-state index contributed by atoms with van der Waals surface area (Å²) >= 11 is 1.39. The summed E-state index contributed by atoms with van der Waals surface area (Å²) in [5, 5.41) is 14.8. The molecule has 0 fully saturated rings. The van der Waals surface area contributed by atoms with Gasteiger partial charge < -0.3 is 4.74 Å². The molecular formula is C25H19N3O2S. The number of ether oxygens (including phenoxy) is 1. The van der Waals surface area contributed by atoms with Gasteiger partial charge in [-0.2, -0.15) is 5.26 Å². The molecule has 0 saturated carbocycles. The highest BCUT2D eigenvalue weighted by Gasteiger charge is 2.13. The van der Waals surface area contributed by atoms with E-state index in [-0.39, 0.29) is 5.57 Å². The van der Waals surface area contributed by atoms with Gasteiger partial charge in [-0.25, -0.2) is 4.98 Å². The first-order chi connectivity index (χ1) is 15.2. The highest BCUT2D eigenvalue weighted by Crippen LogP contribution is 2.24. The summed E-state index contributed by atoms with van der Waals surface area (Å²) in [6.45, 7) is 0. The van der Waals surface area contributed by atoms with Gasteiger partial charge in [0.25, 0.3) is 5.91 Å². The van der Waals surface area contributed by atoms with Gasteiger partial charge in [-0.1, -0.05) is 54.6 Å². The minimum absolute atomic E-state index is 0.0308. The van der Waals surface area contributed by atoms with Crippen LogP contribution in [0, 0.1) is 11.3 Å². The van der Waals surface area contributed by atoms with Crippen molar-refractivity contribution in [1.82, 2.24) is 4.98 Å². The Bertz CT molecular complexity index is 1300. The number of methoxy groups -OCH3 is 1. The fourth-order valence-electron chi connectivity index (χ4n) is 3.24. The number of carbonyl (C=O) groups excluding carboxylic acids is 1. The van der Waals surface area contributed by atoms with E-state index in [4.69, 9.17) is 4.74 Å². The zero-order chi connectivity index (χ0) is 21.6. The van der Waals surface area contributed by atoms with Crippen LogP contribution in [-0.4, -0.2) is 18.0 Å². The van der Waals surface area contributed by atoms with E-state index in [0.717, 1.165) is 32.5 Å². The number of hydrogen-bond donors (Lipinski definition) is 1. The van der Waals surface area contributed by atoms with Crippen molar-refractivity contribution in [3.8, 4) is 11.8 Å². The first kappa shape index (κ1) is 20.3. The van der Waals surface area contributed by atoms with Gasteiger partial charge in [0.05, 0.1) is 7.11 Å². The molecule has 0 radical (unpaired) electrons. The third kappa shape index (κ3) is 4.80. The minimum Gasteiger partial charge on any atom is -0.497 e. The lowest BCUT2D eigenvalue weighted by molar-refractivity contribution is -0.112. The number of rotatable bonds is 6. The Labute approximate surface area is 184 Å². The molecule has 3 aromatic carbocycles. The van der Waals surface area contributed by atoms with Crippen LogP contribution in [0.15, 0.2) is 78.5 Å². The number of nitriles is 1. The molecule has 0 saturated heterocycles. The second kappa shape index (κ2) is 9.24. The van der Waals surface area contributed by atoms with Crippen molar-refractivity contribution in [3.63, 3.8) is 0 Å². The van der Waals surface area contributed by atoms with Crippen LogP contribution in [0.1, 0.15) is 16.0 Å². The third-order valence-electron chi connectivity index (χ3n) is 4.80. The summed E-state index contributed by atoms with van der Waals surface area (Å²) in [4.78, 5) is 18.0. The molecule has 152 valence electrons. The first-order valence-electron chi connectivity index (χ1n) is 9.65. The average molecular weight is 426 g/mol. The Balaban J connectivity index is 1.49. The van der Waals surface area contributed by atoms with Crippen molar-refractivity contribution in [1.29, 1.82) is 5.26 Å². The second-order valence-corrected chi connectivity index (χ2v) is 7.96. The van der Waals surface area contributed by atoms with E-state index >= 15 is 0 Å². The monoisotopic (exact) mass is 425 g/mol. The molecule has 1 aromatic heterocycles. The minimum atomic E-state index is -0.471. The van der Waals surface area contributed by atoms with Crippen LogP contribution in [0.2, 0.25) is 0 Å². The average Bonchev–Trinajstić information content (AvgIpc) is 3.24. The van der Waals surface area contributed by atoms with Crippen molar-refractivity contribution >= 4 is 39.2 Å². The lowest BCUT2D eigenvalue weighted by atomic mass is 10.0. The SMILES string of the molecule is COc1ccc(Cc2cnc(NC(=O)C(C#N)=Cc3cccc4ccccc34)s2)cc1. The van der Waals surface area contributed by atoms with Crippen molar-refractivity contribution in [3.05, 3.63) is 94.5 Å². The molecule has 4 aromatic rings. The second-order valence-electron chi connectivity index (χ2n) is 6.85. The fraction of sp³-hybridized carbons (Fsp3) is 0.0800. The third-order valence-corrected chi connectivity index (χ3v) is 5.71. The van der Waals surface area contributed by atoms with Crippen LogP contribution in [0.25, 0.3) is 16.8 Å². The molecule has 5 nitrogen and oxygen atoms in total. The number of aromatic nitrogens is 1. The van der Waals surface area contributed by atoms with Gasteiger partial charge in [0.15, 0.2) is 5.13 Å². The maximum Gasteiger partial charge on any atom is 0.268 e. The summed E-state index contributed by atoms with van der Waals surface area (Å²) in [5.74, 6) is 0.337. The number of nitrogens with one attached hydrogen (secondary N) is 1. The van der Waals surface area contributed by atoms with Crippen molar-refractivity contribution in [2.45, 2.75) is 6.42 Å². The molecule has 4 rings (SSSR count). The maximum atomic E-state index is 12.7. The number of hydrogen-bond acceptors (Lipinski definition) is 5. The van der Waals surface area contributed by atoms with Gasteiger partial charge in [0, 0.05) is 17.5 Å². The molecule has 1 N–H and O–H groups in total. The predicted octanol–water partition coefficient (Wildman–Crippen LogP) is 5.44. The molecule has 31 heavy (non-hydrogen) atoms. The fourth-order valence-corrected chi connectivity index (χ4v) is 4.08. The molecule has 6 heteroatoms. The summed E-state index contributed by atoms with van der Waals surface area (Å²) < 4.78 is 5.18. The van der Waals surface area contributed by atoms with E-state index in [1.807, 2.05) is 72.8 Å². The zero-order valence-corrected chi connectivity index (χ0v) is 17.6. The van der Waals surface area contributed by atoms with Crippen molar-refractivity contribution in [2.24, 2.45) is 0 Å². The Morgan fingerprint density at radius 3 is 2.68 bits per heavy atom. The van der Waals surface area contributed by atoms with Gasteiger partial charge in [-0.05, 0) is 40.1 Å². The summed E-state index contributed by atoms with van der Waals surface area (Å²) in [6, 6.07) is 23.5. The molecule has 0 unspecified atom stereocenters. The molecular weight excluding hydrogens is 406 g/mol. The van der Waals surface area contributed by atoms with E-state index in [0.29, 0.717) is 11.6 Å². The number of amides is 1.